The molecule has 4 saturated heterocycles. The van der Waals surface area contributed by atoms with Crippen LogP contribution in [0.5, 0.6) is 5.75 Å². The van der Waals surface area contributed by atoms with Crippen molar-refractivity contribution in [2.75, 3.05) is 75.4 Å². The normalized spacial score (nSPS) is 23.0. The molecule has 8 aromatic rings. The molecule has 4 aromatic carbocycles. The topological polar surface area (TPSA) is 486 Å². The van der Waals surface area contributed by atoms with Crippen LogP contribution in [0.15, 0.2) is 135 Å². The van der Waals surface area contributed by atoms with Crippen molar-refractivity contribution >= 4 is 81.5 Å². The van der Waals surface area contributed by atoms with Crippen molar-refractivity contribution in [3.63, 3.8) is 0 Å². The molecule has 732 valence electrons. The molecular weight excluding hydrogens is 1800 g/mol. The first-order valence-corrected chi connectivity index (χ1v) is 47.4. The molecule has 8 heterocycles. The summed E-state index contributed by atoms with van der Waals surface area (Å²) in [6.07, 6.45) is 22.0. The Kier molecular flexibility index (Phi) is 32.3. The minimum Gasteiger partial charge on any atom is -0.507 e. The average Bonchev–Trinajstić information content (AvgIpc) is 1.59. The molecule has 12 N–H and O–H groups in total. The maximum Gasteiger partial charge on any atom is 0.412 e. The SMILES string of the molecule is C#Cc1ccc(CN2CCC(CC#N)(n3cc(C(N)=O)c(NC(=O)C4CC4)n3)C(F)C2)cc1.C=C(C)c1ccc(CN2CCC(CC#N)(n3cc(C(N)=O)c(NC(=O)C4CC4)n3)C(F)C2)cc1.COC(=O)Nc1nn(C2(CC#N)CCN(Cc3ccc(C4=CCCCC4)c(O)c3)CC2F)cc1C(N)=O.N#CCC1(n2cc(C(N)=O)c(CC(=O)C3CC3)n2)CCN(Cc2ccc(C3=CCCC3)cc2)CC1F. The number of nitriles is 4. The number of hydrogen-bond donors (Lipinski definition) is 8. The van der Waals surface area contributed by atoms with E-state index in [2.05, 4.69) is 113 Å². The van der Waals surface area contributed by atoms with E-state index in [4.69, 9.17) is 29.4 Å². The fourth-order valence-corrected chi connectivity index (χ4v) is 19.3. The van der Waals surface area contributed by atoms with E-state index in [1.807, 2.05) is 88.4 Å². The number of ether oxygens (including phenoxy) is 1. The van der Waals surface area contributed by atoms with E-state index in [1.54, 1.807) is 6.07 Å². The van der Waals surface area contributed by atoms with Crippen LogP contribution in [-0.4, -0.2) is 195 Å². The van der Waals surface area contributed by atoms with E-state index >= 15 is 17.6 Å². The molecule has 17 rings (SSSR count). The number of piperidine rings is 4. The number of likely N-dealkylation sites (tertiary alicyclic amines) is 4. The number of methoxy groups -OCH3 is 1. The molecule has 7 fully saturated rings. The summed E-state index contributed by atoms with van der Waals surface area (Å²) in [5, 5.41) is 73.7. The maximum atomic E-state index is 15.9. The van der Waals surface area contributed by atoms with Gasteiger partial charge in [0.05, 0.1) is 74.7 Å². The van der Waals surface area contributed by atoms with Gasteiger partial charge in [0, 0.05) is 132 Å². The molecule has 33 nitrogen and oxygen atoms in total. The predicted octanol–water partition coefficient (Wildman–Crippen LogP) is 13.0. The third kappa shape index (κ3) is 23.6. The lowest BCUT2D eigenvalue weighted by atomic mass is 9.83. The summed E-state index contributed by atoms with van der Waals surface area (Å²) in [7, 11) is 1.15. The number of anilines is 3. The summed E-state index contributed by atoms with van der Waals surface area (Å²) in [6.45, 7) is 10.5. The maximum absolute atomic E-state index is 15.9. The number of benzene rings is 4. The van der Waals surface area contributed by atoms with Crippen LogP contribution >= 0.6 is 0 Å². The Morgan fingerprint density at radius 2 is 0.850 bits per heavy atom. The van der Waals surface area contributed by atoms with E-state index in [9.17, 15) is 64.5 Å². The van der Waals surface area contributed by atoms with Crippen molar-refractivity contribution in [2.45, 2.75) is 221 Å². The molecule has 0 radical (unpaired) electrons. The lowest BCUT2D eigenvalue weighted by Crippen LogP contribution is -2.54. The number of nitrogens with zero attached hydrogens (tertiary/aromatic N) is 16. The number of primary amides is 4. The zero-order chi connectivity index (χ0) is 99.9. The lowest BCUT2D eigenvalue weighted by Gasteiger charge is -2.43. The van der Waals surface area contributed by atoms with Gasteiger partial charge in [-0.3, -0.25) is 77.2 Å². The van der Waals surface area contributed by atoms with Crippen LogP contribution < -0.4 is 38.9 Å². The Labute approximate surface area is 809 Å². The molecule has 9 aliphatic rings. The number of carbonyl (C=O) groups excluding carboxylic acids is 8. The molecule has 8 unspecified atom stereocenters. The van der Waals surface area contributed by atoms with Gasteiger partial charge in [0.15, 0.2) is 17.5 Å². The highest BCUT2D eigenvalue weighted by Crippen LogP contribution is 2.45. The molecule has 37 heteroatoms. The molecular formula is C103H117F4N23O10. The van der Waals surface area contributed by atoms with Gasteiger partial charge in [-0.05, 0) is 179 Å². The second-order valence-corrected chi connectivity index (χ2v) is 38.0. The molecule has 4 aromatic heterocycles. The second kappa shape index (κ2) is 44.6. The summed E-state index contributed by atoms with van der Waals surface area (Å²) < 4.78 is 73.1. The number of ketones is 1. The van der Waals surface area contributed by atoms with Gasteiger partial charge in [-0.15, -0.1) is 6.42 Å². The van der Waals surface area contributed by atoms with Gasteiger partial charge in [0.25, 0.3) is 23.6 Å². The van der Waals surface area contributed by atoms with Crippen LogP contribution in [0.2, 0.25) is 0 Å². The van der Waals surface area contributed by atoms with E-state index in [1.165, 1.54) is 67.5 Å². The minimum atomic E-state index is -1.51. The minimum absolute atomic E-state index is 0.00421. The van der Waals surface area contributed by atoms with Crippen molar-refractivity contribution in [1.82, 2.24) is 58.7 Å². The summed E-state index contributed by atoms with van der Waals surface area (Å²) in [5.41, 5.74) is 28.8. The Morgan fingerprint density at radius 1 is 0.486 bits per heavy atom. The number of alkyl halides is 4. The number of aromatic nitrogens is 8. The Hall–Kier alpha value is -14.4. The summed E-state index contributed by atoms with van der Waals surface area (Å²) >= 11 is 0. The number of aromatic hydroxyl groups is 1. The fraction of sp³-hybridized carbons (Fsp3) is 0.456. The number of phenols is 1. The van der Waals surface area contributed by atoms with Gasteiger partial charge >= 0.3 is 6.09 Å². The molecule has 3 saturated carbocycles. The van der Waals surface area contributed by atoms with Crippen LogP contribution in [-0.2, 0) is 73.9 Å². The first-order valence-electron chi connectivity index (χ1n) is 47.4. The Morgan fingerprint density at radius 3 is 1.20 bits per heavy atom. The molecule has 0 spiro atoms. The van der Waals surface area contributed by atoms with E-state index in [0.29, 0.717) is 71.6 Å². The van der Waals surface area contributed by atoms with Gasteiger partial charge in [-0.25, -0.2) is 22.4 Å². The Bertz CT molecular complexity index is 6260. The Balaban J connectivity index is 0.000000149. The third-order valence-electron chi connectivity index (χ3n) is 28.2. The smallest absolute Gasteiger partial charge is 0.412 e. The van der Waals surface area contributed by atoms with Crippen LogP contribution in [0.4, 0.5) is 39.8 Å². The van der Waals surface area contributed by atoms with Gasteiger partial charge < -0.3 is 43.4 Å². The zero-order valence-electron chi connectivity index (χ0n) is 78.6. The second-order valence-electron chi connectivity index (χ2n) is 38.0. The van der Waals surface area contributed by atoms with Gasteiger partial charge in [0.1, 0.15) is 75.1 Å². The molecule has 0 bridgehead atoms. The van der Waals surface area contributed by atoms with Crippen molar-refractivity contribution in [1.29, 1.82) is 21.0 Å². The number of carbonyl (C=O) groups is 8. The highest BCUT2D eigenvalue weighted by molar-refractivity contribution is 6.04. The number of Topliss-reactive ketones (excluding diaryl/α,β-unsaturated/α-hetero) is 1. The molecule has 8 atom stereocenters. The number of phenolic OH excluding ortho intramolecular Hbond substituents is 1. The van der Waals surface area contributed by atoms with Crippen LogP contribution in [0.1, 0.15) is 233 Å². The van der Waals surface area contributed by atoms with Crippen molar-refractivity contribution < 1.29 is 65.8 Å². The number of terminal acetylenes is 1. The number of halogens is 4. The summed E-state index contributed by atoms with van der Waals surface area (Å²) in [5.74, 6) is -1.05. The number of amides is 7. The van der Waals surface area contributed by atoms with E-state index in [0.717, 1.165) is 128 Å². The van der Waals surface area contributed by atoms with Gasteiger partial charge in [-0.1, -0.05) is 103 Å². The molecule has 4 aliphatic heterocycles. The average molecular weight is 1910 g/mol. The molecule has 5 aliphatic carbocycles. The number of hydrogen-bond acceptors (Lipinski definition) is 22. The van der Waals surface area contributed by atoms with Crippen molar-refractivity contribution in [3.8, 4) is 42.4 Å². The monoisotopic (exact) mass is 1910 g/mol. The van der Waals surface area contributed by atoms with Gasteiger partial charge in [0.2, 0.25) is 11.8 Å². The highest BCUT2D eigenvalue weighted by Gasteiger charge is 2.52. The van der Waals surface area contributed by atoms with Crippen molar-refractivity contribution in [2.24, 2.45) is 40.7 Å². The fourth-order valence-electron chi connectivity index (χ4n) is 19.3. The first kappa shape index (κ1) is 101. The van der Waals surface area contributed by atoms with Crippen LogP contribution in [0, 0.1) is 75.4 Å². The standard InChI is InChI=1S/C28H32FN5O2.C26H31FN6O4.C25H29FN6O2.C24H25FN6O2/c29-26-18-33(16-19-5-7-21(8-6-19)20-3-1-2-4-20)14-12-28(26,11-13-30)34-17-23(27(31)36)24(32-34)15-25(35)22-9-10-22;1-37-25(36)30-24-20(23(29)35)15-33(31-24)26(9-11-28)10-12-32(16-22(26)27)14-17-7-8-19(21(34)13-17)18-5-3-2-4-6-18;1-16(2)18-5-3-17(4-6-18)13-31-12-10-25(9-11-27,21(26)15-31)32-14-20(22(28)33)23(30-32)29-24(34)19-7-8-19;1-2-16-3-5-17(6-4-16)13-30-12-10-24(9-11-26,20(25)15-30)31-14-19(21(27)32)22(29-31)28-23(33)18-7-8-18/h3,5-8,17,22,26H,1-2,4,9-12,14-16,18H2,(H2,31,36);5,7-8,13,15,22,34H,2-4,6,9-10,12,14,16H2,1H3,(H2,29,35)(H,30,31,36);3-6,14,19,21H,1,7-10,12-13,15H2,2H3,(H2,28,33)(H,29,30,34);1,3-6,14,18,20H,7-10,12-13,15H2,(H2,27,32)(H,28,29,33). The third-order valence-corrected chi connectivity index (χ3v) is 28.2. The largest absolute Gasteiger partial charge is 0.507 e. The number of rotatable bonds is 31. The van der Waals surface area contributed by atoms with Crippen LogP contribution in [0.25, 0.3) is 16.7 Å². The van der Waals surface area contributed by atoms with E-state index in [-0.39, 0.29) is 151 Å². The van der Waals surface area contributed by atoms with Crippen molar-refractivity contribution in [3.05, 3.63) is 207 Å². The van der Waals surface area contributed by atoms with Gasteiger partial charge in [-0.2, -0.15) is 41.4 Å². The quantitative estimate of drug-likeness (QED) is 0.0148. The highest BCUT2D eigenvalue weighted by atomic mass is 19.1. The molecule has 140 heavy (non-hydrogen) atoms. The first-order chi connectivity index (χ1) is 67.2. The zero-order valence-corrected chi connectivity index (χ0v) is 78.6. The van der Waals surface area contributed by atoms with E-state index < -0.39 is 76.6 Å². The lowest BCUT2D eigenvalue weighted by molar-refractivity contribution is -0.120. The predicted molar refractivity (Wildman–Crippen MR) is 513 cm³/mol. The molecule has 7 amide bonds. The summed E-state index contributed by atoms with van der Waals surface area (Å²) in [4.78, 5) is 104. The number of nitrogens with two attached hydrogens (primary N) is 4. The van der Waals surface area contributed by atoms with Crippen LogP contribution in [0.3, 0.4) is 0 Å². The number of allylic oxidation sites excluding steroid dienone is 5. The summed E-state index contributed by atoms with van der Waals surface area (Å²) in [6, 6.07) is 38.0. The number of nitrogens with one attached hydrogen (secondary N) is 3.